The second-order valence-electron chi connectivity index (χ2n) is 4.98. The first-order valence-corrected chi connectivity index (χ1v) is 5.91. The lowest BCUT2D eigenvalue weighted by Crippen LogP contribution is -2.39. The average molecular weight is 220 g/mol. The molecule has 1 aliphatic carbocycles. The highest BCUT2D eigenvalue weighted by molar-refractivity contribution is 5.24. The summed E-state index contributed by atoms with van der Waals surface area (Å²) in [6.07, 6.45) is 2.96. The van der Waals surface area contributed by atoms with Gasteiger partial charge >= 0.3 is 0 Å². The Labute approximate surface area is 97.3 Å². The Morgan fingerprint density at radius 2 is 2.19 bits per heavy atom. The molecule has 1 fully saturated rings. The van der Waals surface area contributed by atoms with Crippen molar-refractivity contribution in [2.45, 2.75) is 31.8 Å². The molecule has 1 aromatic carbocycles. The van der Waals surface area contributed by atoms with E-state index in [1.54, 1.807) is 7.11 Å². The molecule has 1 aromatic rings. The van der Waals surface area contributed by atoms with Crippen LogP contribution < -0.4 is 0 Å². The second-order valence-corrected chi connectivity index (χ2v) is 4.98. The van der Waals surface area contributed by atoms with E-state index >= 15 is 0 Å². The maximum absolute atomic E-state index is 10.6. The van der Waals surface area contributed by atoms with Gasteiger partial charge < -0.3 is 9.84 Å². The number of methoxy groups -OCH3 is 1. The van der Waals surface area contributed by atoms with Crippen LogP contribution in [0.2, 0.25) is 0 Å². The lowest BCUT2D eigenvalue weighted by Gasteiger charge is -2.27. The first-order valence-electron chi connectivity index (χ1n) is 5.91. The number of aryl methyl sites for hydroxylation is 1. The normalized spacial score (nSPS) is 19.4. The van der Waals surface area contributed by atoms with E-state index in [9.17, 15) is 5.11 Å². The molecule has 0 amide bonds. The van der Waals surface area contributed by atoms with Crippen molar-refractivity contribution in [2.24, 2.45) is 5.92 Å². The van der Waals surface area contributed by atoms with Crippen LogP contribution in [0.3, 0.4) is 0 Å². The predicted octanol–water partition coefficient (Wildman–Crippen LogP) is 2.33. The molecule has 0 aliphatic heterocycles. The van der Waals surface area contributed by atoms with E-state index in [0.29, 0.717) is 18.9 Å². The molecular weight excluding hydrogens is 200 g/mol. The Bertz CT molecular complexity index is 358. The van der Waals surface area contributed by atoms with Crippen LogP contribution >= 0.6 is 0 Å². The molecule has 0 radical (unpaired) electrons. The van der Waals surface area contributed by atoms with E-state index in [1.807, 2.05) is 6.07 Å². The van der Waals surface area contributed by atoms with Crippen molar-refractivity contribution < 1.29 is 9.84 Å². The molecular formula is C14H20O2. The standard InChI is InChI=1S/C14H20O2/c1-11-4-3-5-12(8-11)9-14(15,10-16-2)13-6-7-13/h3-5,8,13,15H,6-7,9-10H2,1-2H3. The fourth-order valence-corrected chi connectivity index (χ4v) is 2.36. The molecule has 0 saturated heterocycles. The monoisotopic (exact) mass is 220 g/mol. The van der Waals surface area contributed by atoms with Crippen LogP contribution in [-0.4, -0.2) is 24.4 Å². The summed E-state index contributed by atoms with van der Waals surface area (Å²) < 4.78 is 5.16. The zero-order valence-electron chi connectivity index (χ0n) is 10.1. The summed E-state index contributed by atoms with van der Waals surface area (Å²) in [5.74, 6) is 0.424. The molecule has 1 saturated carbocycles. The summed E-state index contributed by atoms with van der Waals surface area (Å²) in [5, 5.41) is 10.6. The molecule has 2 heteroatoms. The van der Waals surface area contributed by atoms with Crippen molar-refractivity contribution >= 4 is 0 Å². The zero-order valence-corrected chi connectivity index (χ0v) is 10.1. The molecule has 0 bridgehead atoms. The van der Waals surface area contributed by atoms with E-state index in [4.69, 9.17) is 4.74 Å². The van der Waals surface area contributed by atoms with Gasteiger partial charge in [-0.15, -0.1) is 0 Å². The Hall–Kier alpha value is -0.860. The summed E-state index contributed by atoms with van der Waals surface area (Å²) in [7, 11) is 1.66. The van der Waals surface area contributed by atoms with Gasteiger partial charge in [-0.2, -0.15) is 0 Å². The fraction of sp³-hybridized carbons (Fsp3) is 0.571. The Morgan fingerprint density at radius 3 is 2.75 bits per heavy atom. The highest BCUT2D eigenvalue weighted by Gasteiger charge is 2.43. The molecule has 0 spiro atoms. The summed E-state index contributed by atoms with van der Waals surface area (Å²) in [5.41, 5.74) is 1.78. The third kappa shape index (κ3) is 2.63. The number of aliphatic hydroxyl groups is 1. The van der Waals surface area contributed by atoms with E-state index < -0.39 is 5.60 Å². The van der Waals surface area contributed by atoms with E-state index in [0.717, 1.165) is 12.8 Å². The molecule has 2 rings (SSSR count). The lowest BCUT2D eigenvalue weighted by molar-refractivity contribution is -0.0474. The summed E-state index contributed by atoms with van der Waals surface area (Å²) >= 11 is 0. The van der Waals surface area contributed by atoms with E-state index in [-0.39, 0.29) is 0 Å². The van der Waals surface area contributed by atoms with Gasteiger partial charge in [-0.3, -0.25) is 0 Å². The van der Waals surface area contributed by atoms with Gasteiger partial charge in [0.1, 0.15) is 0 Å². The van der Waals surface area contributed by atoms with Gasteiger partial charge in [0.2, 0.25) is 0 Å². The van der Waals surface area contributed by atoms with Gasteiger partial charge in [-0.1, -0.05) is 29.8 Å². The van der Waals surface area contributed by atoms with Gasteiger partial charge in [0.25, 0.3) is 0 Å². The predicted molar refractivity (Wildman–Crippen MR) is 64.4 cm³/mol. The van der Waals surface area contributed by atoms with Gasteiger partial charge in [-0.25, -0.2) is 0 Å². The van der Waals surface area contributed by atoms with Crippen molar-refractivity contribution in [3.8, 4) is 0 Å². The van der Waals surface area contributed by atoms with Crippen LogP contribution in [0.4, 0.5) is 0 Å². The van der Waals surface area contributed by atoms with Crippen molar-refractivity contribution in [3.05, 3.63) is 35.4 Å². The van der Waals surface area contributed by atoms with Crippen molar-refractivity contribution in [3.63, 3.8) is 0 Å². The van der Waals surface area contributed by atoms with Crippen molar-refractivity contribution in [2.75, 3.05) is 13.7 Å². The van der Waals surface area contributed by atoms with Crippen LogP contribution in [0, 0.1) is 12.8 Å². The molecule has 88 valence electrons. The SMILES string of the molecule is COCC(O)(Cc1cccc(C)c1)C1CC1. The minimum Gasteiger partial charge on any atom is -0.387 e. The third-order valence-corrected chi connectivity index (χ3v) is 3.32. The smallest absolute Gasteiger partial charge is 0.0947 e. The van der Waals surface area contributed by atoms with Gasteiger partial charge in [-0.05, 0) is 31.2 Å². The average Bonchev–Trinajstić information content (AvgIpc) is 3.00. The number of rotatable bonds is 5. The summed E-state index contributed by atoms with van der Waals surface area (Å²) in [4.78, 5) is 0. The van der Waals surface area contributed by atoms with Gasteiger partial charge in [0.05, 0.1) is 12.2 Å². The largest absolute Gasteiger partial charge is 0.387 e. The van der Waals surface area contributed by atoms with E-state index in [1.165, 1.54) is 11.1 Å². The number of benzene rings is 1. The highest BCUT2D eigenvalue weighted by Crippen LogP contribution is 2.41. The van der Waals surface area contributed by atoms with Crippen LogP contribution in [-0.2, 0) is 11.2 Å². The number of hydrogen-bond acceptors (Lipinski definition) is 2. The van der Waals surface area contributed by atoms with Crippen LogP contribution in [0.5, 0.6) is 0 Å². The topological polar surface area (TPSA) is 29.5 Å². The number of ether oxygens (including phenoxy) is 1. The second kappa shape index (κ2) is 4.56. The maximum Gasteiger partial charge on any atom is 0.0947 e. The Kier molecular flexibility index (Phi) is 3.31. The van der Waals surface area contributed by atoms with Crippen LogP contribution in [0.25, 0.3) is 0 Å². The highest BCUT2D eigenvalue weighted by atomic mass is 16.5. The third-order valence-electron chi connectivity index (χ3n) is 3.32. The van der Waals surface area contributed by atoms with Gasteiger partial charge in [0.15, 0.2) is 0 Å². The molecule has 1 N–H and O–H groups in total. The lowest BCUT2D eigenvalue weighted by atomic mass is 9.90. The number of hydrogen-bond donors (Lipinski definition) is 1. The first-order chi connectivity index (χ1) is 7.64. The minimum absolute atomic E-state index is 0.424. The van der Waals surface area contributed by atoms with Crippen LogP contribution in [0.15, 0.2) is 24.3 Å². The first kappa shape index (κ1) is 11.6. The summed E-state index contributed by atoms with van der Waals surface area (Å²) in [6, 6.07) is 8.35. The molecule has 1 unspecified atom stereocenters. The van der Waals surface area contributed by atoms with Gasteiger partial charge in [0, 0.05) is 13.5 Å². The fourth-order valence-electron chi connectivity index (χ4n) is 2.36. The van der Waals surface area contributed by atoms with Crippen molar-refractivity contribution in [1.82, 2.24) is 0 Å². The molecule has 1 aliphatic rings. The Morgan fingerprint density at radius 1 is 1.44 bits per heavy atom. The summed E-state index contributed by atoms with van der Waals surface area (Å²) in [6.45, 7) is 2.52. The molecule has 0 heterocycles. The van der Waals surface area contributed by atoms with Crippen LogP contribution in [0.1, 0.15) is 24.0 Å². The Balaban J connectivity index is 2.10. The van der Waals surface area contributed by atoms with Crippen molar-refractivity contribution in [1.29, 1.82) is 0 Å². The molecule has 0 aromatic heterocycles. The zero-order chi connectivity index (χ0) is 11.6. The molecule has 1 atom stereocenters. The minimum atomic E-state index is -0.664. The maximum atomic E-state index is 10.6. The van der Waals surface area contributed by atoms with E-state index in [2.05, 4.69) is 25.1 Å². The molecule has 2 nitrogen and oxygen atoms in total. The molecule has 16 heavy (non-hydrogen) atoms. The quantitative estimate of drug-likeness (QED) is 0.825.